The minimum absolute atomic E-state index is 0.336. The lowest BCUT2D eigenvalue weighted by Gasteiger charge is -2.05. The number of esters is 1. The number of thiazole rings is 1. The highest BCUT2D eigenvalue weighted by molar-refractivity contribution is 7.13. The van der Waals surface area contributed by atoms with Crippen molar-refractivity contribution in [3.8, 4) is 16.3 Å². The van der Waals surface area contributed by atoms with Gasteiger partial charge in [0.05, 0.1) is 13.7 Å². The maximum Gasteiger partial charge on any atom is 0.357 e. The highest BCUT2D eigenvalue weighted by Crippen LogP contribution is 2.27. The number of carbonyl (C=O) groups is 1. The number of nitrogens with zero attached hydrogens (tertiary/aromatic N) is 1. The lowest BCUT2D eigenvalue weighted by atomic mass is 10.2. The highest BCUT2D eigenvalue weighted by atomic mass is 32.1. The van der Waals surface area contributed by atoms with Crippen molar-refractivity contribution in [1.29, 1.82) is 0 Å². The summed E-state index contributed by atoms with van der Waals surface area (Å²) in [6, 6.07) is 7.70. The first-order valence-electron chi connectivity index (χ1n) is 6.01. The van der Waals surface area contributed by atoms with E-state index in [4.69, 9.17) is 4.74 Å². The van der Waals surface area contributed by atoms with E-state index in [0.717, 1.165) is 22.7 Å². The molecule has 0 bridgehead atoms. The van der Waals surface area contributed by atoms with Crippen molar-refractivity contribution in [3.05, 3.63) is 35.3 Å². The Bertz CT molecular complexity index is 565. The molecule has 1 aromatic carbocycles. The first-order valence-corrected chi connectivity index (χ1v) is 6.89. The van der Waals surface area contributed by atoms with E-state index in [1.54, 1.807) is 5.38 Å². The van der Waals surface area contributed by atoms with Crippen LogP contribution in [0.5, 0.6) is 5.75 Å². The zero-order valence-electron chi connectivity index (χ0n) is 10.9. The van der Waals surface area contributed by atoms with Crippen molar-refractivity contribution in [2.24, 2.45) is 0 Å². The van der Waals surface area contributed by atoms with E-state index in [1.807, 2.05) is 24.3 Å². The number of aromatic nitrogens is 1. The Morgan fingerprint density at radius 2 is 2.26 bits per heavy atom. The molecule has 0 N–H and O–H groups in total. The molecular weight excluding hydrogens is 262 g/mol. The van der Waals surface area contributed by atoms with Crippen LogP contribution in [-0.2, 0) is 4.74 Å². The zero-order chi connectivity index (χ0) is 13.7. The van der Waals surface area contributed by atoms with Crippen molar-refractivity contribution < 1.29 is 14.3 Å². The molecule has 2 rings (SSSR count). The normalized spacial score (nSPS) is 10.2. The molecule has 0 spiro atoms. The number of rotatable bonds is 5. The average molecular weight is 277 g/mol. The topological polar surface area (TPSA) is 48.4 Å². The first kappa shape index (κ1) is 13.5. The van der Waals surface area contributed by atoms with E-state index < -0.39 is 5.97 Å². The van der Waals surface area contributed by atoms with E-state index >= 15 is 0 Å². The number of carbonyl (C=O) groups excluding carboxylic acids is 1. The van der Waals surface area contributed by atoms with Crippen LogP contribution >= 0.6 is 11.3 Å². The van der Waals surface area contributed by atoms with Gasteiger partial charge in [0.2, 0.25) is 0 Å². The Balaban J connectivity index is 2.21. The highest BCUT2D eigenvalue weighted by Gasteiger charge is 2.12. The maximum atomic E-state index is 11.4. The van der Waals surface area contributed by atoms with Gasteiger partial charge in [0.15, 0.2) is 5.69 Å². The molecule has 0 radical (unpaired) electrons. The third-order valence-electron chi connectivity index (χ3n) is 2.45. The molecule has 0 unspecified atom stereocenters. The summed E-state index contributed by atoms with van der Waals surface area (Å²) < 4.78 is 10.2. The quantitative estimate of drug-likeness (QED) is 0.786. The largest absolute Gasteiger partial charge is 0.494 e. The van der Waals surface area contributed by atoms with Crippen molar-refractivity contribution in [3.63, 3.8) is 0 Å². The van der Waals surface area contributed by atoms with Crippen molar-refractivity contribution in [1.82, 2.24) is 4.98 Å². The van der Waals surface area contributed by atoms with Gasteiger partial charge in [-0.3, -0.25) is 0 Å². The van der Waals surface area contributed by atoms with Crippen LogP contribution in [0, 0.1) is 0 Å². The molecular formula is C14H15NO3S. The average Bonchev–Trinajstić information content (AvgIpc) is 2.94. The van der Waals surface area contributed by atoms with Gasteiger partial charge in [-0.2, -0.15) is 0 Å². The Kier molecular flexibility index (Phi) is 4.52. The lowest BCUT2D eigenvalue weighted by Crippen LogP contribution is -2.01. The number of methoxy groups -OCH3 is 1. The van der Waals surface area contributed by atoms with E-state index in [-0.39, 0.29) is 0 Å². The molecule has 100 valence electrons. The molecule has 1 heterocycles. The second-order valence-corrected chi connectivity index (χ2v) is 4.76. The van der Waals surface area contributed by atoms with E-state index in [0.29, 0.717) is 12.3 Å². The molecule has 0 saturated heterocycles. The molecule has 4 nitrogen and oxygen atoms in total. The molecule has 0 aliphatic heterocycles. The monoisotopic (exact) mass is 277 g/mol. The summed E-state index contributed by atoms with van der Waals surface area (Å²) in [7, 11) is 1.35. The SMILES string of the molecule is CCCOc1cccc(-c2nc(C(=O)OC)cs2)c1. The molecule has 0 atom stereocenters. The van der Waals surface area contributed by atoms with E-state index in [1.165, 1.54) is 18.4 Å². The minimum Gasteiger partial charge on any atom is -0.494 e. The fourth-order valence-electron chi connectivity index (χ4n) is 1.54. The minimum atomic E-state index is -0.416. The Labute approximate surface area is 116 Å². The van der Waals surface area contributed by atoms with Gasteiger partial charge >= 0.3 is 5.97 Å². The van der Waals surface area contributed by atoms with Crippen LogP contribution in [0.15, 0.2) is 29.6 Å². The second kappa shape index (κ2) is 6.33. The summed E-state index contributed by atoms with van der Waals surface area (Å²) in [4.78, 5) is 15.6. The Hall–Kier alpha value is -1.88. The van der Waals surface area contributed by atoms with Crippen LogP contribution in [0.25, 0.3) is 10.6 Å². The van der Waals surface area contributed by atoms with Crippen molar-refractivity contribution >= 4 is 17.3 Å². The summed E-state index contributed by atoms with van der Waals surface area (Å²) >= 11 is 1.41. The van der Waals surface area contributed by atoms with Gasteiger partial charge in [-0.1, -0.05) is 19.1 Å². The summed E-state index contributed by atoms with van der Waals surface area (Å²) in [5.41, 5.74) is 1.27. The predicted octanol–water partition coefficient (Wildman–Crippen LogP) is 3.39. The third kappa shape index (κ3) is 3.32. The second-order valence-electron chi connectivity index (χ2n) is 3.91. The van der Waals surface area contributed by atoms with Gasteiger partial charge in [-0.15, -0.1) is 11.3 Å². The van der Waals surface area contributed by atoms with Gasteiger partial charge < -0.3 is 9.47 Å². The fourth-order valence-corrected chi connectivity index (χ4v) is 2.33. The molecule has 1 aromatic heterocycles. The van der Waals surface area contributed by atoms with E-state index in [2.05, 4.69) is 16.6 Å². The lowest BCUT2D eigenvalue weighted by molar-refractivity contribution is 0.0595. The fraction of sp³-hybridized carbons (Fsp3) is 0.286. The Morgan fingerprint density at radius 1 is 1.42 bits per heavy atom. The molecule has 2 aromatic rings. The van der Waals surface area contributed by atoms with Crippen LogP contribution in [-0.4, -0.2) is 24.7 Å². The molecule has 0 aliphatic carbocycles. The summed E-state index contributed by atoms with van der Waals surface area (Å²) in [5, 5.41) is 2.48. The summed E-state index contributed by atoms with van der Waals surface area (Å²) in [6.07, 6.45) is 0.966. The van der Waals surface area contributed by atoms with Gasteiger partial charge in [0, 0.05) is 10.9 Å². The molecule has 5 heteroatoms. The first-order chi connectivity index (χ1) is 9.24. The van der Waals surface area contributed by atoms with Crippen LogP contribution in [0.3, 0.4) is 0 Å². The number of hydrogen-bond donors (Lipinski definition) is 0. The maximum absolute atomic E-state index is 11.4. The molecule has 19 heavy (non-hydrogen) atoms. The molecule has 0 saturated carbocycles. The number of ether oxygens (including phenoxy) is 2. The van der Waals surface area contributed by atoms with E-state index in [9.17, 15) is 4.79 Å². The zero-order valence-corrected chi connectivity index (χ0v) is 11.7. The molecule has 0 aliphatic rings. The van der Waals surface area contributed by atoms with Gasteiger partial charge in [-0.25, -0.2) is 9.78 Å². The van der Waals surface area contributed by atoms with Gasteiger partial charge in [0.25, 0.3) is 0 Å². The Morgan fingerprint density at radius 3 is 3.00 bits per heavy atom. The van der Waals surface area contributed by atoms with Crippen molar-refractivity contribution in [2.75, 3.05) is 13.7 Å². The number of benzene rings is 1. The van der Waals surface area contributed by atoms with Crippen molar-refractivity contribution in [2.45, 2.75) is 13.3 Å². The summed E-state index contributed by atoms with van der Waals surface area (Å²) in [6.45, 7) is 2.75. The van der Waals surface area contributed by atoms with Crippen LogP contribution in [0.1, 0.15) is 23.8 Å². The van der Waals surface area contributed by atoms with Gasteiger partial charge in [0.1, 0.15) is 10.8 Å². The van der Waals surface area contributed by atoms with Crippen LogP contribution in [0.4, 0.5) is 0 Å². The summed E-state index contributed by atoms with van der Waals surface area (Å²) in [5.74, 6) is 0.398. The van der Waals surface area contributed by atoms with Crippen LogP contribution < -0.4 is 4.74 Å². The van der Waals surface area contributed by atoms with Crippen LogP contribution in [0.2, 0.25) is 0 Å². The molecule has 0 amide bonds. The standard InChI is InChI=1S/C14H15NO3S/c1-3-7-18-11-6-4-5-10(8-11)13-15-12(9-19-13)14(16)17-2/h4-6,8-9H,3,7H2,1-2H3. The molecule has 0 fully saturated rings. The third-order valence-corrected chi connectivity index (χ3v) is 3.34. The number of hydrogen-bond acceptors (Lipinski definition) is 5. The smallest absolute Gasteiger partial charge is 0.357 e. The van der Waals surface area contributed by atoms with Gasteiger partial charge in [-0.05, 0) is 18.6 Å². The predicted molar refractivity (Wildman–Crippen MR) is 74.7 cm³/mol.